The Morgan fingerprint density at radius 1 is 1.50 bits per heavy atom. The van der Waals surface area contributed by atoms with Crippen LogP contribution >= 0.6 is 0 Å². The number of carbonyl (C=O) groups is 1. The van der Waals surface area contributed by atoms with Crippen LogP contribution in [-0.2, 0) is 18.3 Å². The summed E-state index contributed by atoms with van der Waals surface area (Å²) >= 11 is 0. The van der Waals surface area contributed by atoms with E-state index in [2.05, 4.69) is 15.7 Å². The maximum absolute atomic E-state index is 11.8. The molecule has 2 N–H and O–H groups in total. The Balaban J connectivity index is 2.31. The zero-order chi connectivity index (χ0) is 13.8. The van der Waals surface area contributed by atoms with Gasteiger partial charge >= 0.3 is 0 Å². The van der Waals surface area contributed by atoms with Gasteiger partial charge in [-0.15, -0.1) is 0 Å². The lowest BCUT2D eigenvalue weighted by Gasteiger charge is -2.23. The number of aryl methyl sites for hydroxylation is 1. The zero-order valence-electron chi connectivity index (χ0n) is 11.9. The van der Waals surface area contributed by atoms with Crippen LogP contribution in [0.3, 0.4) is 0 Å². The second-order valence-electron chi connectivity index (χ2n) is 5.61. The summed E-state index contributed by atoms with van der Waals surface area (Å²) in [6.07, 6.45) is 2.65. The molecule has 0 spiro atoms. The summed E-state index contributed by atoms with van der Waals surface area (Å²) in [5.41, 5.74) is 0.973. The van der Waals surface area contributed by atoms with E-state index in [9.17, 15) is 4.79 Å². The summed E-state index contributed by atoms with van der Waals surface area (Å²) in [6.45, 7) is 8.58. The molecule has 0 aliphatic heterocycles. The fourth-order valence-corrected chi connectivity index (χ4v) is 1.63. The summed E-state index contributed by atoms with van der Waals surface area (Å²) in [5, 5.41) is 10.3. The van der Waals surface area contributed by atoms with Crippen LogP contribution in [0.25, 0.3) is 0 Å². The highest BCUT2D eigenvalue weighted by Gasteiger charge is 2.18. The molecule has 0 aromatic carbocycles. The Morgan fingerprint density at radius 2 is 2.17 bits per heavy atom. The van der Waals surface area contributed by atoms with Gasteiger partial charge in [0.05, 0.1) is 6.04 Å². The Hall–Kier alpha value is -1.36. The van der Waals surface area contributed by atoms with Crippen LogP contribution in [0.5, 0.6) is 0 Å². The van der Waals surface area contributed by atoms with Gasteiger partial charge in [0.15, 0.2) is 0 Å². The van der Waals surface area contributed by atoms with Crippen LogP contribution in [-0.4, -0.2) is 33.8 Å². The third-order valence-electron chi connectivity index (χ3n) is 2.65. The molecule has 0 saturated carbocycles. The van der Waals surface area contributed by atoms with Gasteiger partial charge in [0.2, 0.25) is 5.91 Å². The highest BCUT2D eigenvalue weighted by atomic mass is 16.2. The average molecular weight is 252 g/mol. The maximum Gasteiger partial charge on any atom is 0.237 e. The van der Waals surface area contributed by atoms with Crippen molar-refractivity contribution >= 4 is 5.91 Å². The number of hydrogen-bond donors (Lipinski definition) is 2. The number of carbonyl (C=O) groups excluding carboxylic acids is 1. The van der Waals surface area contributed by atoms with E-state index >= 15 is 0 Å². The molecule has 0 bridgehead atoms. The van der Waals surface area contributed by atoms with Crippen LogP contribution in [0.2, 0.25) is 0 Å². The lowest BCUT2D eigenvalue weighted by atomic mass is 10.1. The third kappa shape index (κ3) is 4.87. The number of hydrogen-bond acceptors (Lipinski definition) is 3. The van der Waals surface area contributed by atoms with Gasteiger partial charge in [0.1, 0.15) is 0 Å². The van der Waals surface area contributed by atoms with Crippen LogP contribution in [0, 0.1) is 0 Å². The molecule has 0 aliphatic rings. The minimum Gasteiger partial charge on any atom is -0.350 e. The second-order valence-corrected chi connectivity index (χ2v) is 5.61. The monoisotopic (exact) mass is 252 g/mol. The van der Waals surface area contributed by atoms with Gasteiger partial charge in [-0.25, -0.2) is 0 Å². The van der Waals surface area contributed by atoms with E-state index in [4.69, 9.17) is 0 Å². The summed E-state index contributed by atoms with van der Waals surface area (Å²) in [6, 6.07) is 1.80. The van der Waals surface area contributed by atoms with Gasteiger partial charge in [-0.1, -0.05) is 0 Å². The Labute approximate surface area is 109 Å². The molecule has 0 radical (unpaired) electrons. The van der Waals surface area contributed by atoms with Crippen LogP contribution < -0.4 is 10.6 Å². The SMILES string of the molecule is CC(NCCc1ccnn1C)C(=O)NC(C)(C)C. The van der Waals surface area contributed by atoms with Crippen molar-refractivity contribution in [2.75, 3.05) is 6.54 Å². The molecule has 1 rings (SSSR count). The van der Waals surface area contributed by atoms with Crippen LogP contribution in [0.1, 0.15) is 33.4 Å². The number of aromatic nitrogens is 2. The van der Waals surface area contributed by atoms with Crippen molar-refractivity contribution in [2.45, 2.75) is 45.7 Å². The minimum atomic E-state index is -0.185. The van der Waals surface area contributed by atoms with Crippen molar-refractivity contribution in [3.8, 4) is 0 Å². The smallest absolute Gasteiger partial charge is 0.237 e. The van der Waals surface area contributed by atoms with Crippen LogP contribution in [0.15, 0.2) is 12.3 Å². The molecule has 18 heavy (non-hydrogen) atoms. The van der Waals surface area contributed by atoms with E-state index in [0.29, 0.717) is 0 Å². The molecule has 1 heterocycles. The molecule has 0 saturated heterocycles. The zero-order valence-corrected chi connectivity index (χ0v) is 11.9. The minimum absolute atomic E-state index is 0.0347. The highest BCUT2D eigenvalue weighted by Crippen LogP contribution is 2.00. The Bertz CT molecular complexity index is 392. The first-order valence-electron chi connectivity index (χ1n) is 6.32. The number of nitrogens with one attached hydrogen (secondary N) is 2. The van der Waals surface area contributed by atoms with E-state index in [1.165, 1.54) is 0 Å². The molecule has 102 valence electrons. The summed E-state index contributed by atoms with van der Waals surface area (Å²) in [5.74, 6) is 0.0347. The lowest BCUT2D eigenvalue weighted by molar-refractivity contribution is -0.124. The number of amides is 1. The molecule has 5 heteroatoms. The second kappa shape index (κ2) is 6.00. The Kier molecular flexibility index (Phi) is 4.90. The van der Waals surface area contributed by atoms with Crippen molar-refractivity contribution in [3.05, 3.63) is 18.0 Å². The predicted octanol–water partition coefficient (Wildman–Crippen LogP) is 0.855. The van der Waals surface area contributed by atoms with Crippen LogP contribution in [0.4, 0.5) is 0 Å². The predicted molar refractivity (Wildman–Crippen MR) is 72.3 cm³/mol. The number of nitrogens with zero attached hydrogens (tertiary/aromatic N) is 2. The van der Waals surface area contributed by atoms with Crippen molar-refractivity contribution in [2.24, 2.45) is 7.05 Å². The summed E-state index contributed by atoms with van der Waals surface area (Å²) < 4.78 is 1.85. The summed E-state index contributed by atoms with van der Waals surface area (Å²) in [4.78, 5) is 11.8. The molecular weight excluding hydrogens is 228 g/mol. The van der Waals surface area contributed by atoms with Crippen molar-refractivity contribution in [1.82, 2.24) is 20.4 Å². The molecule has 1 aromatic rings. The topological polar surface area (TPSA) is 59.0 Å². The fourth-order valence-electron chi connectivity index (χ4n) is 1.63. The van der Waals surface area contributed by atoms with Crippen molar-refractivity contribution in [1.29, 1.82) is 0 Å². The van der Waals surface area contributed by atoms with E-state index in [1.54, 1.807) is 6.20 Å². The first-order valence-corrected chi connectivity index (χ1v) is 6.32. The molecule has 5 nitrogen and oxygen atoms in total. The van der Waals surface area contributed by atoms with Gasteiger partial charge in [0, 0.05) is 37.4 Å². The fraction of sp³-hybridized carbons (Fsp3) is 0.692. The molecule has 1 unspecified atom stereocenters. The van der Waals surface area contributed by atoms with Gasteiger partial charge in [-0.3, -0.25) is 9.48 Å². The van der Waals surface area contributed by atoms with Crippen molar-refractivity contribution < 1.29 is 4.79 Å². The van der Waals surface area contributed by atoms with Crippen molar-refractivity contribution in [3.63, 3.8) is 0 Å². The van der Waals surface area contributed by atoms with Gasteiger partial charge < -0.3 is 10.6 Å². The molecule has 1 amide bonds. The van der Waals surface area contributed by atoms with Gasteiger partial charge in [-0.05, 0) is 33.8 Å². The lowest BCUT2D eigenvalue weighted by Crippen LogP contribution is -2.49. The average Bonchev–Trinajstić information content (AvgIpc) is 2.62. The number of rotatable bonds is 5. The highest BCUT2D eigenvalue weighted by molar-refractivity contribution is 5.81. The molecule has 0 aliphatic carbocycles. The molecular formula is C13H24N4O. The van der Waals surface area contributed by atoms with E-state index < -0.39 is 0 Å². The normalized spacial score (nSPS) is 13.4. The van der Waals surface area contributed by atoms with E-state index in [0.717, 1.165) is 18.7 Å². The largest absolute Gasteiger partial charge is 0.350 e. The molecule has 1 aromatic heterocycles. The quantitative estimate of drug-likeness (QED) is 0.817. The standard InChI is InChI=1S/C13H24N4O/c1-10(12(18)16-13(2,3)4)14-8-6-11-7-9-15-17(11)5/h7,9-10,14H,6,8H2,1-5H3,(H,16,18). The van der Waals surface area contributed by atoms with Gasteiger partial charge in [0.25, 0.3) is 0 Å². The maximum atomic E-state index is 11.8. The third-order valence-corrected chi connectivity index (χ3v) is 2.65. The molecule has 1 atom stereocenters. The van der Waals surface area contributed by atoms with E-state index in [-0.39, 0.29) is 17.5 Å². The Morgan fingerprint density at radius 3 is 2.67 bits per heavy atom. The van der Waals surface area contributed by atoms with E-state index in [1.807, 2.05) is 45.5 Å². The van der Waals surface area contributed by atoms with Gasteiger partial charge in [-0.2, -0.15) is 5.10 Å². The summed E-state index contributed by atoms with van der Waals surface area (Å²) in [7, 11) is 1.92. The first-order chi connectivity index (χ1) is 8.29. The molecule has 0 fully saturated rings. The first kappa shape index (κ1) is 14.7.